The van der Waals surface area contributed by atoms with Crippen molar-refractivity contribution >= 4 is 0 Å². The fourth-order valence-corrected chi connectivity index (χ4v) is 2.46. The Balaban J connectivity index is 2.69. The summed E-state index contributed by atoms with van der Waals surface area (Å²) in [7, 11) is 3.64. The number of rotatable bonds is 3. The Morgan fingerprint density at radius 2 is 1.89 bits per heavy atom. The summed E-state index contributed by atoms with van der Waals surface area (Å²) in [5.41, 5.74) is 12.6. The minimum Gasteiger partial charge on any atom is -0.496 e. The van der Waals surface area contributed by atoms with Gasteiger partial charge < -0.3 is 10.5 Å². The van der Waals surface area contributed by atoms with E-state index >= 15 is 0 Å². The van der Waals surface area contributed by atoms with E-state index < -0.39 is 0 Å². The molecule has 0 radical (unpaired) electrons. The van der Waals surface area contributed by atoms with Crippen molar-refractivity contribution in [1.29, 1.82) is 0 Å². The van der Waals surface area contributed by atoms with Gasteiger partial charge in [0.15, 0.2) is 0 Å². The monoisotopic (exact) mass is 259 g/mol. The van der Waals surface area contributed by atoms with Crippen molar-refractivity contribution in [1.82, 2.24) is 9.78 Å². The lowest BCUT2D eigenvalue weighted by Gasteiger charge is -2.13. The van der Waals surface area contributed by atoms with Crippen LogP contribution in [0.1, 0.15) is 22.5 Å². The van der Waals surface area contributed by atoms with Crippen LogP contribution in [0.15, 0.2) is 12.1 Å². The quantitative estimate of drug-likeness (QED) is 0.921. The van der Waals surface area contributed by atoms with E-state index in [4.69, 9.17) is 10.5 Å². The van der Waals surface area contributed by atoms with Gasteiger partial charge in [-0.1, -0.05) is 6.07 Å². The lowest BCUT2D eigenvalue weighted by atomic mass is 9.95. The van der Waals surface area contributed by atoms with Crippen LogP contribution in [0.3, 0.4) is 0 Å². The van der Waals surface area contributed by atoms with Crippen molar-refractivity contribution in [2.24, 2.45) is 12.8 Å². The molecule has 0 bridgehead atoms. The zero-order valence-electron chi connectivity index (χ0n) is 12.2. The molecular formula is C15H21N3O. The summed E-state index contributed by atoms with van der Waals surface area (Å²) in [6, 6.07) is 4.09. The molecule has 0 unspecified atom stereocenters. The predicted octanol–water partition coefficient (Wildman–Crippen LogP) is 2.48. The molecule has 0 aliphatic rings. The third-order valence-electron chi connectivity index (χ3n) is 3.83. The number of hydrogen-bond donors (Lipinski definition) is 1. The second kappa shape index (κ2) is 5.05. The Bertz CT molecular complexity index is 614. The molecule has 4 heteroatoms. The molecule has 0 saturated heterocycles. The van der Waals surface area contributed by atoms with E-state index in [1.54, 1.807) is 7.11 Å². The first-order valence-corrected chi connectivity index (χ1v) is 6.38. The Morgan fingerprint density at radius 1 is 1.21 bits per heavy atom. The van der Waals surface area contributed by atoms with Gasteiger partial charge in [0.1, 0.15) is 5.75 Å². The minimum absolute atomic E-state index is 0.446. The molecule has 2 aromatic rings. The van der Waals surface area contributed by atoms with E-state index in [1.165, 1.54) is 11.1 Å². The van der Waals surface area contributed by atoms with Gasteiger partial charge in [-0.3, -0.25) is 4.68 Å². The van der Waals surface area contributed by atoms with E-state index in [9.17, 15) is 0 Å². The Hall–Kier alpha value is -1.81. The third-order valence-corrected chi connectivity index (χ3v) is 3.83. The van der Waals surface area contributed by atoms with E-state index in [0.29, 0.717) is 6.54 Å². The first-order chi connectivity index (χ1) is 9.01. The Morgan fingerprint density at radius 3 is 2.47 bits per heavy atom. The van der Waals surface area contributed by atoms with Crippen LogP contribution >= 0.6 is 0 Å². The molecule has 2 rings (SSSR count). The average molecular weight is 259 g/mol. The summed E-state index contributed by atoms with van der Waals surface area (Å²) >= 11 is 0. The summed E-state index contributed by atoms with van der Waals surface area (Å²) in [4.78, 5) is 0. The van der Waals surface area contributed by atoms with Crippen molar-refractivity contribution in [3.63, 3.8) is 0 Å². The zero-order valence-corrected chi connectivity index (χ0v) is 12.2. The van der Waals surface area contributed by atoms with Crippen molar-refractivity contribution < 1.29 is 4.74 Å². The number of nitrogens with zero attached hydrogens (tertiary/aromatic N) is 2. The minimum atomic E-state index is 0.446. The van der Waals surface area contributed by atoms with Crippen molar-refractivity contribution in [3.8, 4) is 16.9 Å². The number of hydrogen-bond acceptors (Lipinski definition) is 3. The molecule has 0 aliphatic carbocycles. The summed E-state index contributed by atoms with van der Waals surface area (Å²) in [6.07, 6.45) is 0. The lowest BCUT2D eigenvalue weighted by Crippen LogP contribution is -2.01. The normalized spacial score (nSPS) is 10.8. The smallest absolute Gasteiger partial charge is 0.122 e. The van der Waals surface area contributed by atoms with Crippen molar-refractivity contribution in [2.45, 2.75) is 27.3 Å². The lowest BCUT2D eigenvalue weighted by molar-refractivity contribution is 0.411. The highest BCUT2D eigenvalue weighted by molar-refractivity contribution is 5.74. The van der Waals surface area contributed by atoms with Crippen LogP contribution in [-0.4, -0.2) is 16.9 Å². The van der Waals surface area contributed by atoms with E-state index in [-0.39, 0.29) is 0 Å². The van der Waals surface area contributed by atoms with E-state index in [2.05, 4.69) is 31.9 Å². The van der Waals surface area contributed by atoms with Gasteiger partial charge in [-0.25, -0.2) is 0 Å². The molecule has 2 N–H and O–H groups in total. The molecule has 0 atom stereocenters. The maximum atomic E-state index is 5.81. The van der Waals surface area contributed by atoms with Crippen LogP contribution < -0.4 is 10.5 Å². The number of aryl methyl sites for hydroxylation is 1. The molecule has 0 spiro atoms. The molecule has 0 aliphatic heterocycles. The number of nitrogens with two attached hydrogens (primary N) is 1. The van der Waals surface area contributed by atoms with Crippen LogP contribution in [0.5, 0.6) is 5.75 Å². The van der Waals surface area contributed by atoms with E-state index in [0.717, 1.165) is 28.3 Å². The molecule has 102 valence electrons. The largest absolute Gasteiger partial charge is 0.496 e. The molecule has 1 heterocycles. The van der Waals surface area contributed by atoms with Crippen molar-refractivity contribution in [3.05, 3.63) is 34.6 Å². The van der Waals surface area contributed by atoms with Gasteiger partial charge in [-0.05, 0) is 43.5 Å². The third kappa shape index (κ3) is 2.12. The fraction of sp³-hybridized carbons (Fsp3) is 0.400. The molecule has 0 saturated carbocycles. The highest BCUT2D eigenvalue weighted by Crippen LogP contribution is 2.34. The molecule has 4 nitrogen and oxygen atoms in total. The SMILES string of the molecule is COc1ccc(-c2c(CN)nn(C)c2C)c(C)c1C. The van der Waals surface area contributed by atoms with Crippen LogP contribution in [0.2, 0.25) is 0 Å². The first kappa shape index (κ1) is 13.6. The first-order valence-electron chi connectivity index (χ1n) is 6.38. The molecule has 0 fully saturated rings. The predicted molar refractivity (Wildman–Crippen MR) is 77.3 cm³/mol. The number of benzene rings is 1. The second-order valence-electron chi connectivity index (χ2n) is 4.80. The molecule has 1 aromatic heterocycles. The number of methoxy groups -OCH3 is 1. The zero-order chi connectivity index (χ0) is 14.2. The summed E-state index contributed by atoms with van der Waals surface area (Å²) in [5.74, 6) is 0.914. The maximum Gasteiger partial charge on any atom is 0.122 e. The van der Waals surface area contributed by atoms with Gasteiger partial charge in [0.05, 0.1) is 12.8 Å². The number of ether oxygens (including phenoxy) is 1. The van der Waals surface area contributed by atoms with Crippen LogP contribution in [0.4, 0.5) is 0 Å². The molecular weight excluding hydrogens is 238 g/mol. The van der Waals surface area contributed by atoms with Crippen LogP contribution in [-0.2, 0) is 13.6 Å². The second-order valence-corrected chi connectivity index (χ2v) is 4.80. The topological polar surface area (TPSA) is 53.1 Å². The van der Waals surface area contributed by atoms with Crippen LogP contribution in [0, 0.1) is 20.8 Å². The van der Waals surface area contributed by atoms with E-state index in [1.807, 2.05) is 17.8 Å². The number of aromatic nitrogens is 2. The highest BCUT2D eigenvalue weighted by Gasteiger charge is 2.17. The Labute approximate surface area is 114 Å². The summed E-state index contributed by atoms with van der Waals surface area (Å²) in [5, 5.41) is 4.48. The fourth-order valence-electron chi connectivity index (χ4n) is 2.46. The molecule has 1 aromatic carbocycles. The van der Waals surface area contributed by atoms with Gasteiger partial charge in [-0.2, -0.15) is 5.10 Å². The maximum absolute atomic E-state index is 5.81. The van der Waals surface area contributed by atoms with Gasteiger partial charge >= 0.3 is 0 Å². The van der Waals surface area contributed by atoms with Crippen LogP contribution in [0.25, 0.3) is 11.1 Å². The molecule has 19 heavy (non-hydrogen) atoms. The molecule has 0 amide bonds. The van der Waals surface area contributed by atoms with Gasteiger partial charge in [0, 0.05) is 24.8 Å². The standard InChI is InChI=1S/C15H21N3O/c1-9-10(2)14(19-5)7-6-12(9)15-11(3)18(4)17-13(15)8-16/h6-7H,8,16H2,1-5H3. The Kier molecular flexibility index (Phi) is 3.62. The van der Waals surface area contributed by atoms with Gasteiger partial charge in [-0.15, -0.1) is 0 Å². The van der Waals surface area contributed by atoms with Gasteiger partial charge in [0.25, 0.3) is 0 Å². The summed E-state index contributed by atoms with van der Waals surface area (Å²) in [6.45, 7) is 6.70. The average Bonchev–Trinajstić information content (AvgIpc) is 2.69. The summed E-state index contributed by atoms with van der Waals surface area (Å²) < 4.78 is 7.25. The highest BCUT2D eigenvalue weighted by atomic mass is 16.5. The van der Waals surface area contributed by atoms with Crippen molar-refractivity contribution in [2.75, 3.05) is 7.11 Å². The van der Waals surface area contributed by atoms with Gasteiger partial charge in [0.2, 0.25) is 0 Å².